The summed E-state index contributed by atoms with van der Waals surface area (Å²) in [4.78, 5) is 11.8. The SMILES string of the molecule is O=C(Cc1ccccc1Cl)NCc1ccccc1. The average molecular weight is 260 g/mol. The Kier molecular flexibility index (Phi) is 4.37. The maximum absolute atomic E-state index is 11.8. The van der Waals surface area contributed by atoms with Gasteiger partial charge in [-0.1, -0.05) is 60.1 Å². The summed E-state index contributed by atoms with van der Waals surface area (Å²) in [6, 6.07) is 17.2. The topological polar surface area (TPSA) is 29.1 Å². The van der Waals surface area contributed by atoms with E-state index in [-0.39, 0.29) is 5.91 Å². The van der Waals surface area contributed by atoms with Crippen LogP contribution in [0.1, 0.15) is 11.1 Å². The molecule has 0 heterocycles. The fourth-order valence-corrected chi connectivity index (χ4v) is 1.88. The van der Waals surface area contributed by atoms with Crippen molar-refractivity contribution < 1.29 is 4.79 Å². The Labute approximate surface area is 112 Å². The third kappa shape index (κ3) is 3.60. The summed E-state index contributed by atoms with van der Waals surface area (Å²) in [6.45, 7) is 0.546. The molecule has 3 heteroatoms. The van der Waals surface area contributed by atoms with Gasteiger partial charge in [-0.2, -0.15) is 0 Å². The molecule has 0 aliphatic heterocycles. The van der Waals surface area contributed by atoms with E-state index < -0.39 is 0 Å². The van der Waals surface area contributed by atoms with E-state index in [1.165, 1.54) is 0 Å². The maximum atomic E-state index is 11.8. The summed E-state index contributed by atoms with van der Waals surface area (Å²) in [5.41, 5.74) is 1.94. The molecule has 0 fully saturated rings. The lowest BCUT2D eigenvalue weighted by Gasteiger charge is -2.06. The second-order valence-corrected chi connectivity index (χ2v) is 4.44. The van der Waals surface area contributed by atoms with E-state index in [4.69, 9.17) is 11.6 Å². The van der Waals surface area contributed by atoms with Crippen molar-refractivity contribution in [1.29, 1.82) is 0 Å². The van der Waals surface area contributed by atoms with Crippen LogP contribution in [0.2, 0.25) is 5.02 Å². The third-order valence-electron chi connectivity index (χ3n) is 2.64. The zero-order valence-electron chi connectivity index (χ0n) is 9.90. The van der Waals surface area contributed by atoms with Crippen LogP contribution >= 0.6 is 11.6 Å². The van der Waals surface area contributed by atoms with Crippen LogP contribution in [-0.2, 0) is 17.8 Å². The first-order valence-electron chi connectivity index (χ1n) is 5.80. The molecule has 2 rings (SSSR count). The quantitative estimate of drug-likeness (QED) is 0.898. The number of rotatable bonds is 4. The van der Waals surface area contributed by atoms with Gasteiger partial charge in [0.15, 0.2) is 0 Å². The summed E-state index contributed by atoms with van der Waals surface area (Å²) >= 11 is 6.01. The number of carbonyl (C=O) groups excluding carboxylic acids is 1. The van der Waals surface area contributed by atoms with Crippen molar-refractivity contribution >= 4 is 17.5 Å². The maximum Gasteiger partial charge on any atom is 0.224 e. The third-order valence-corrected chi connectivity index (χ3v) is 3.01. The van der Waals surface area contributed by atoms with E-state index in [0.717, 1.165) is 11.1 Å². The molecule has 0 aliphatic carbocycles. The normalized spacial score (nSPS) is 10.1. The Morgan fingerprint density at radius 2 is 1.67 bits per heavy atom. The highest BCUT2D eigenvalue weighted by Gasteiger charge is 2.05. The summed E-state index contributed by atoms with van der Waals surface area (Å²) in [5, 5.41) is 3.51. The van der Waals surface area contributed by atoms with Gasteiger partial charge < -0.3 is 5.32 Å². The predicted molar refractivity (Wildman–Crippen MR) is 73.4 cm³/mol. The molecule has 18 heavy (non-hydrogen) atoms. The molecule has 92 valence electrons. The molecule has 0 saturated heterocycles. The number of nitrogens with one attached hydrogen (secondary N) is 1. The molecule has 2 nitrogen and oxygen atoms in total. The summed E-state index contributed by atoms with van der Waals surface area (Å²) in [6.07, 6.45) is 0.312. The number of benzene rings is 2. The van der Waals surface area contributed by atoms with Gasteiger partial charge in [0.25, 0.3) is 0 Å². The molecule has 2 aromatic carbocycles. The molecule has 0 spiro atoms. The van der Waals surface area contributed by atoms with Crippen LogP contribution in [0.4, 0.5) is 0 Å². The highest BCUT2D eigenvalue weighted by molar-refractivity contribution is 6.31. The fraction of sp³-hybridized carbons (Fsp3) is 0.133. The molecule has 0 radical (unpaired) electrons. The van der Waals surface area contributed by atoms with Gasteiger partial charge in [-0.15, -0.1) is 0 Å². The van der Waals surface area contributed by atoms with Crippen LogP contribution in [0.5, 0.6) is 0 Å². The minimum absolute atomic E-state index is 0.0213. The number of hydrogen-bond donors (Lipinski definition) is 1. The minimum atomic E-state index is -0.0213. The zero-order chi connectivity index (χ0) is 12.8. The van der Waals surface area contributed by atoms with Gasteiger partial charge in [0, 0.05) is 11.6 Å². The molecular weight excluding hydrogens is 246 g/mol. The molecule has 0 aromatic heterocycles. The molecule has 0 aliphatic rings. The highest BCUT2D eigenvalue weighted by Crippen LogP contribution is 2.15. The van der Waals surface area contributed by atoms with Crippen LogP contribution in [0, 0.1) is 0 Å². The van der Waals surface area contributed by atoms with Crippen molar-refractivity contribution in [2.24, 2.45) is 0 Å². The summed E-state index contributed by atoms with van der Waals surface area (Å²) in [5.74, 6) is -0.0213. The Morgan fingerprint density at radius 3 is 2.39 bits per heavy atom. The van der Waals surface area contributed by atoms with Crippen LogP contribution in [0.25, 0.3) is 0 Å². The molecule has 0 atom stereocenters. The predicted octanol–water partition coefficient (Wildman–Crippen LogP) is 3.20. The molecule has 2 aromatic rings. The number of amides is 1. The Hall–Kier alpha value is -1.80. The standard InChI is InChI=1S/C15H14ClNO/c16-14-9-5-4-8-13(14)10-15(18)17-11-12-6-2-1-3-7-12/h1-9H,10-11H2,(H,17,18). The van der Waals surface area contributed by atoms with Crippen molar-refractivity contribution in [2.45, 2.75) is 13.0 Å². The second kappa shape index (κ2) is 6.22. The van der Waals surface area contributed by atoms with Gasteiger partial charge in [0.2, 0.25) is 5.91 Å². The van der Waals surface area contributed by atoms with E-state index in [0.29, 0.717) is 18.0 Å². The van der Waals surface area contributed by atoms with Gasteiger partial charge in [0.05, 0.1) is 6.42 Å². The van der Waals surface area contributed by atoms with E-state index >= 15 is 0 Å². The monoisotopic (exact) mass is 259 g/mol. The van der Waals surface area contributed by atoms with E-state index in [1.54, 1.807) is 6.07 Å². The van der Waals surface area contributed by atoms with Crippen molar-refractivity contribution in [3.05, 3.63) is 70.7 Å². The summed E-state index contributed by atoms with van der Waals surface area (Å²) < 4.78 is 0. The lowest BCUT2D eigenvalue weighted by Crippen LogP contribution is -2.24. The second-order valence-electron chi connectivity index (χ2n) is 4.03. The van der Waals surface area contributed by atoms with Crippen LogP contribution in [0.15, 0.2) is 54.6 Å². The number of hydrogen-bond acceptors (Lipinski definition) is 1. The number of carbonyl (C=O) groups is 1. The molecular formula is C15H14ClNO. The van der Waals surface area contributed by atoms with E-state index in [9.17, 15) is 4.79 Å². The van der Waals surface area contributed by atoms with Gasteiger partial charge >= 0.3 is 0 Å². The molecule has 1 amide bonds. The van der Waals surface area contributed by atoms with Crippen LogP contribution in [-0.4, -0.2) is 5.91 Å². The Bertz CT molecular complexity index is 525. The first-order chi connectivity index (χ1) is 8.75. The van der Waals surface area contributed by atoms with Crippen molar-refractivity contribution in [3.63, 3.8) is 0 Å². The first kappa shape index (κ1) is 12.7. The average Bonchev–Trinajstić information content (AvgIpc) is 2.40. The smallest absolute Gasteiger partial charge is 0.224 e. The fourth-order valence-electron chi connectivity index (χ4n) is 1.67. The molecule has 1 N–H and O–H groups in total. The lowest BCUT2D eigenvalue weighted by atomic mass is 10.1. The largest absolute Gasteiger partial charge is 0.352 e. The van der Waals surface area contributed by atoms with Gasteiger partial charge in [-0.05, 0) is 17.2 Å². The molecule has 0 saturated carbocycles. The van der Waals surface area contributed by atoms with Crippen molar-refractivity contribution in [1.82, 2.24) is 5.32 Å². The Balaban J connectivity index is 1.88. The summed E-state index contributed by atoms with van der Waals surface area (Å²) in [7, 11) is 0. The van der Waals surface area contributed by atoms with E-state index in [2.05, 4.69) is 5.32 Å². The van der Waals surface area contributed by atoms with Crippen molar-refractivity contribution in [3.8, 4) is 0 Å². The lowest BCUT2D eigenvalue weighted by molar-refractivity contribution is -0.120. The van der Waals surface area contributed by atoms with Crippen LogP contribution < -0.4 is 5.32 Å². The van der Waals surface area contributed by atoms with Gasteiger partial charge in [0.1, 0.15) is 0 Å². The van der Waals surface area contributed by atoms with E-state index in [1.807, 2.05) is 48.5 Å². The Morgan fingerprint density at radius 1 is 1.00 bits per heavy atom. The number of halogens is 1. The van der Waals surface area contributed by atoms with Gasteiger partial charge in [-0.25, -0.2) is 0 Å². The minimum Gasteiger partial charge on any atom is -0.352 e. The first-order valence-corrected chi connectivity index (χ1v) is 6.17. The van der Waals surface area contributed by atoms with Crippen LogP contribution in [0.3, 0.4) is 0 Å². The molecule has 0 unspecified atom stereocenters. The van der Waals surface area contributed by atoms with Crippen molar-refractivity contribution in [2.75, 3.05) is 0 Å². The highest BCUT2D eigenvalue weighted by atomic mass is 35.5. The van der Waals surface area contributed by atoms with Gasteiger partial charge in [-0.3, -0.25) is 4.79 Å². The molecule has 0 bridgehead atoms. The zero-order valence-corrected chi connectivity index (χ0v) is 10.7.